The largest absolute Gasteiger partial charge is 0.303 e. The Morgan fingerprint density at radius 3 is 2.88 bits per heavy atom. The molecule has 0 saturated heterocycles. The highest BCUT2D eigenvalue weighted by atomic mass is 35.5. The van der Waals surface area contributed by atoms with Gasteiger partial charge in [-0.2, -0.15) is 0 Å². The molecule has 1 aliphatic carbocycles. The fraction of sp³-hybridized carbons (Fsp3) is 0.500. The minimum Gasteiger partial charge on any atom is -0.303 e. The number of halogens is 1. The Labute approximate surface area is 53.3 Å². The Morgan fingerprint density at radius 2 is 2.62 bits per heavy atom. The van der Waals surface area contributed by atoms with Crippen molar-refractivity contribution in [3.63, 3.8) is 0 Å². The van der Waals surface area contributed by atoms with E-state index in [-0.39, 0.29) is 5.92 Å². The summed E-state index contributed by atoms with van der Waals surface area (Å²) < 4.78 is 0. The van der Waals surface area contributed by atoms with Gasteiger partial charge in [0.05, 0.1) is 0 Å². The summed E-state index contributed by atoms with van der Waals surface area (Å²) in [6.07, 6.45) is 4.54. The first kappa shape index (κ1) is 5.83. The maximum Gasteiger partial charge on any atom is 0.126 e. The number of carbonyl (C=O) groups excluding carboxylic acids is 1. The highest BCUT2D eigenvalue weighted by molar-refractivity contribution is 6.29. The number of hydrogen-bond donors (Lipinski definition) is 0. The zero-order valence-corrected chi connectivity index (χ0v) is 5.19. The van der Waals surface area contributed by atoms with E-state index >= 15 is 0 Å². The standard InChI is InChI=1S/C6H7ClO/c7-6-2-1-5(3-6)4-8/h3-5H,1-2H2. The molecule has 0 amide bonds. The molecule has 0 spiro atoms. The zero-order valence-electron chi connectivity index (χ0n) is 4.43. The second-order valence-electron chi connectivity index (χ2n) is 1.95. The molecule has 1 unspecified atom stereocenters. The fourth-order valence-electron chi connectivity index (χ4n) is 0.811. The molecule has 0 saturated carbocycles. The number of rotatable bonds is 1. The van der Waals surface area contributed by atoms with Crippen LogP contribution >= 0.6 is 11.6 Å². The molecule has 0 aromatic rings. The van der Waals surface area contributed by atoms with E-state index in [1.807, 2.05) is 6.08 Å². The predicted molar refractivity (Wildman–Crippen MR) is 32.7 cm³/mol. The van der Waals surface area contributed by atoms with Crippen LogP contribution in [0.25, 0.3) is 0 Å². The van der Waals surface area contributed by atoms with Crippen LogP contribution in [0.1, 0.15) is 12.8 Å². The quantitative estimate of drug-likeness (QED) is 0.494. The van der Waals surface area contributed by atoms with Crippen molar-refractivity contribution in [2.24, 2.45) is 5.92 Å². The minimum absolute atomic E-state index is 0.0995. The molecule has 0 radical (unpaired) electrons. The van der Waals surface area contributed by atoms with Crippen LogP contribution in [0, 0.1) is 5.92 Å². The molecule has 2 heteroatoms. The Morgan fingerprint density at radius 1 is 1.88 bits per heavy atom. The van der Waals surface area contributed by atoms with Gasteiger partial charge in [0.25, 0.3) is 0 Å². The summed E-state index contributed by atoms with van der Waals surface area (Å²) >= 11 is 5.59. The second-order valence-corrected chi connectivity index (χ2v) is 2.44. The average Bonchev–Trinajstić information content (AvgIpc) is 2.14. The maximum atomic E-state index is 10.0. The van der Waals surface area contributed by atoms with Crippen molar-refractivity contribution in [2.45, 2.75) is 12.8 Å². The van der Waals surface area contributed by atoms with Crippen LogP contribution in [0.15, 0.2) is 11.1 Å². The summed E-state index contributed by atoms with van der Waals surface area (Å²) in [5.74, 6) is 0.0995. The Bertz CT molecular complexity index is 128. The van der Waals surface area contributed by atoms with Gasteiger partial charge in [-0.1, -0.05) is 17.7 Å². The van der Waals surface area contributed by atoms with Crippen LogP contribution in [0.4, 0.5) is 0 Å². The van der Waals surface area contributed by atoms with Gasteiger partial charge in [0.1, 0.15) is 6.29 Å². The maximum absolute atomic E-state index is 10.0. The summed E-state index contributed by atoms with van der Waals surface area (Å²) in [5, 5.41) is 0.835. The molecule has 0 aromatic carbocycles. The summed E-state index contributed by atoms with van der Waals surface area (Å²) in [7, 11) is 0. The highest BCUT2D eigenvalue weighted by Crippen LogP contribution is 2.24. The molecule has 0 N–H and O–H groups in total. The molecule has 0 aliphatic heterocycles. The van der Waals surface area contributed by atoms with Crippen LogP contribution in [-0.4, -0.2) is 6.29 Å². The fourth-order valence-corrected chi connectivity index (χ4v) is 1.08. The monoisotopic (exact) mass is 130 g/mol. The van der Waals surface area contributed by atoms with Crippen molar-refractivity contribution in [3.8, 4) is 0 Å². The Kier molecular flexibility index (Phi) is 1.69. The lowest BCUT2D eigenvalue weighted by atomic mass is 10.2. The van der Waals surface area contributed by atoms with Crippen molar-refractivity contribution >= 4 is 17.9 Å². The van der Waals surface area contributed by atoms with E-state index < -0.39 is 0 Å². The van der Waals surface area contributed by atoms with E-state index in [0.29, 0.717) is 0 Å². The number of aldehydes is 1. The molecule has 0 bridgehead atoms. The molecule has 1 nitrogen and oxygen atoms in total. The second kappa shape index (κ2) is 2.31. The summed E-state index contributed by atoms with van der Waals surface area (Å²) in [6.45, 7) is 0. The predicted octanol–water partition coefficient (Wildman–Crippen LogP) is 1.72. The molecule has 1 atom stereocenters. The lowest BCUT2D eigenvalue weighted by Crippen LogP contribution is -1.89. The Hall–Kier alpha value is -0.300. The first-order chi connectivity index (χ1) is 3.83. The van der Waals surface area contributed by atoms with Gasteiger partial charge in [-0.25, -0.2) is 0 Å². The normalized spacial score (nSPS) is 27.6. The zero-order chi connectivity index (χ0) is 5.98. The molecular formula is C6H7ClO. The minimum atomic E-state index is 0.0995. The molecular weight excluding hydrogens is 124 g/mol. The van der Waals surface area contributed by atoms with E-state index in [1.54, 1.807) is 0 Å². The van der Waals surface area contributed by atoms with Crippen molar-refractivity contribution < 1.29 is 4.79 Å². The summed E-state index contributed by atoms with van der Waals surface area (Å²) in [5.41, 5.74) is 0. The first-order valence-electron chi connectivity index (χ1n) is 2.64. The van der Waals surface area contributed by atoms with Gasteiger partial charge in [-0.3, -0.25) is 0 Å². The van der Waals surface area contributed by atoms with Gasteiger partial charge in [-0.15, -0.1) is 0 Å². The molecule has 1 rings (SSSR count). The van der Waals surface area contributed by atoms with Crippen LogP contribution < -0.4 is 0 Å². The van der Waals surface area contributed by atoms with Gasteiger partial charge in [0.15, 0.2) is 0 Å². The van der Waals surface area contributed by atoms with Crippen LogP contribution in [0.5, 0.6) is 0 Å². The van der Waals surface area contributed by atoms with E-state index in [4.69, 9.17) is 11.6 Å². The van der Waals surface area contributed by atoms with Gasteiger partial charge in [-0.05, 0) is 12.8 Å². The van der Waals surface area contributed by atoms with Gasteiger partial charge in [0, 0.05) is 11.0 Å². The molecule has 0 fully saturated rings. The molecule has 8 heavy (non-hydrogen) atoms. The summed E-state index contributed by atoms with van der Waals surface area (Å²) in [6, 6.07) is 0. The molecule has 0 aromatic heterocycles. The smallest absolute Gasteiger partial charge is 0.126 e. The SMILES string of the molecule is O=CC1C=C(Cl)CC1. The first-order valence-corrected chi connectivity index (χ1v) is 3.02. The van der Waals surface area contributed by atoms with Gasteiger partial charge < -0.3 is 4.79 Å². The van der Waals surface area contributed by atoms with E-state index in [9.17, 15) is 4.79 Å². The van der Waals surface area contributed by atoms with Crippen molar-refractivity contribution in [1.82, 2.24) is 0 Å². The van der Waals surface area contributed by atoms with Crippen molar-refractivity contribution in [1.29, 1.82) is 0 Å². The third kappa shape index (κ3) is 1.10. The van der Waals surface area contributed by atoms with Crippen molar-refractivity contribution in [2.75, 3.05) is 0 Å². The lowest BCUT2D eigenvalue weighted by molar-refractivity contribution is -0.109. The summed E-state index contributed by atoms with van der Waals surface area (Å²) in [4.78, 5) is 10.0. The number of carbonyl (C=O) groups is 1. The third-order valence-electron chi connectivity index (χ3n) is 1.29. The van der Waals surface area contributed by atoms with E-state index in [2.05, 4.69) is 0 Å². The highest BCUT2D eigenvalue weighted by Gasteiger charge is 2.11. The average molecular weight is 131 g/mol. The van der Waals surface area contributed by atoms with Gasteiger partial charge >= 0.3 is 0 Å². The molecule has 0 heterocycles. The van der Waals surface area contributed by atoms with E-state index in [0.717, 1.165) is 24.2 Å². The molecule has 44 valence electrons. The number of allylic oxidation sites excluding steroid dienone is 2. The van der Waals surface area contributed by atoms with Crippen LogP contribution in [-0.2, 0) is 4.79 Å². The van der Waals surface area contributed by atoms with Crippen LogP contribution in [0.2, 0.25) is 0 Å². The number of hydrogen-bond acceptors (Lipinski definition) is 1. The van der Waals surface area contributed by atoms with Crippen LogP contribution in [0.3, 0.4) is 0 Å². The Balaban J connectivity index is 2.53. The topological polar surface area (TPSA) is 17.1 Å². The third-order valence-corrected chi connectivity index (χ3v) is 1.60. The van der Waals surface area contributed by atoms with Gasteiger partial charge in [0.2, 0.25) is 0 Å². The van der Waals surface area contributed by atoms with Crippen molar-refractivity contribution in [3.05, 3.63) is 11.1 Å². The lowest BCUT2D eigenvalue weighted by Gasteiger charge is -1.88. The van der Waals surface area contributed by atoms with E-state index in [1.165, 1.54) is 0 Å². The molecule has 1 aliphatic rings.